The quantitative estimate of drug-likeness (QED) is 0.879. The van der Waals surface area contributed by atoms with E-state index in [1.165, 1.54) is 26.4 Å². The molecule has 0 spiro atoms. The Balaban J connectivity index is 2.21. The molecule has 0 radical (unpaired) electrons. The summed E-state index contributed by atoms with van der Waals surface area (Å²) in [5, 5.41) is 0. The molecule has 0 saturated carbocycles. The first-order valence-electron chi connectivity index (χ1n) is 6.84. The number of rotatable bonds is 6. The van der Waals surface area contributed by atoms with Crippen LogP contribution in [0.25, 0.3) is 0 Å². The first-order chi connectivity index (χ1) is 10.9. The van der Waals surface area contributed by atoms with E-state index in [0.717, 1.165) is 6.07 Å². The lowest BCUT2D eigenvalue weighted by Gasteiger charge is -2.11. The fraction of sp³-hybridized carbons (Fsp3) is 0.250. The zero-order chi connectivity index (χ0) is 17.0. The van der Waals surface area contributed by atoms with Crippen LogP contribution < -0.4 is 14.2 Å². The number of methoxy groups -OCH3 is 2. The van der Waals surface area contributed by atoms with Crippen molar-refractivity contribution in [2.75, 3.05) is 14.2 Å². The van der Waals surface area contributed by atoms with Gasteiger partial charge in [-0.2, -0.15) is 0 Å². The van der Waals surface area contributed by atoms with Gasteiger partial charge in [-0.25, -0.2) is 17.5 Å². The van der Waals surface area contributed by atoms with Gasteiger partial charge in [0.2, 0.25) is 10.0 Å². The molecule has 0 aromatic heterocycles. The van der Waals surface area contributed by atoms with Crippen LogP contribution in [0.15, 0.2) is 41.3 Å². The van der Waals surface area contributed by atoms with Crippen molar-refractivity contribution in [2.24, 2.45) is 0 Å². The summed E-state index contributed by atoms with van der Waals surface area (Å²) in [6, 6.07) is 9.00. The molecule has 0 aliphatic heterocycles. The van der Waals surface area contributed by atoms with Crippen molar-refractivity contribution in [3.8, 4) is 11.5 Å². The largest absolute Gasteiger partial charge is 0.493 e. The summed E-state index contributed by atoms with van der Waals surface area (Å²) in [7, 11) is -0.935. The summed E-state index contributed by atoms with van der Waals surface area (Å²) >= 11 is 0. The first-order valence-corrected chi connectivity index (χ1v) is 8.32. The Morgan fingerprint density at radius 3 is 2.39 bits per heavy atom. The van der Waals surface area contributed by atoms with Gasteiger partial charge in [0.1, 0.15) is 10.7 Å². The molecule has 0 amide bonds. The van der Waals surface area contributed by atoms with E-state index in [9.17, 15) is 12.8 Å². The summed E-state index contributed by atoms with van der Waals surface area (Å²) in [5.74, 6) is 0.255. The van der Waals surface area contributed by atoms with E-state index in [4.69, 9.17) is 9.47 Å². The van der Waals surface area contributed by atoms with Gasteiger partial charge >= 0.3 is 0 Å². The Morgan fingerprint density at radius 1 is 1.04 bits per heavy atom. The number of nitrogens with one attached hydrogen (secondary N) is 1. The summed E-state index contributed by atoms with van der Waals surface area (Å²) in [6.45, 7) is 1.71. The predicted octanol–water partition coefficient (Wildman–Crippen LogP) is 2.63. The molecule has 0 heterocycles. The second-order valence-corrected chi connectivity index (χ2v) is 6.68. The number of ether oxygens (including phenoxy) is 2. The zero-order valence-electron chi connectivity index (χ0n) is 13.1. The zero-order valence-corrected chi connectivity index (χ0v) is 13.9. The van der Waals surface area contributed by atoms with Gasteiger partial charge in [0.05, 0.1) is 14.2 Å². The van der Waals surface area contributed by atoms with Crippen molar-refractivity contribution in [1.82, 2.24) is 4.72 Å². The Morgan fingerprint density at radius 2 is 1.74 bits per heavy atom. The topological polar surface area (TPSA) is 64.6 Å². The second kappa shape index (κ2) is 6.97. The van der Waals surface area contributed by atoms with Gasteiger partial charge in [-0.15, -0.1) is 0 Å². The number of hydrogen-bond donors (Lipinski definition) is 1. The van der Waals surface area contributed by atoms with Crippen LogP contribution in [0.5, 0.6) is 11.5 Å². The van der Waals surface area contributed by atoms with Crippen molar-refractivity contribution >= 4 is 10.0 Å². The van der Waals surface area contributed by atoms with Crippen molar-refractivity contribution < 1.29 is 22.3 Å². The first kappa shape index (κ1) is 17.2. The SMILES string of the molecule is COc1ccc(CNS(=O)(=O)c2cc(C)ccc2F)cc1OC. The molecule has 0 aliphatic rings. The van der Waals surface area contributed by atoms with E-state index in [1.54, 1.807) is 25.1 Å². The minimum atomic E-state index is -3.94. The van der Waals surface area contributed by atoms with Gasteiger partial charge in [0, 0.05) is 6.54 Å². The summed E-state index contributed by atoms with van der Waals surface area (Å²) in [5.41, 5.74) is 1.33. The van der Waals surface area contributed by atoms with Crippen LogP contribution in [0.4, 0.5) is 4.39 Å². The minimum absolute atomic E-state index is 0.00999. The second-order valence-electron chi connectivity index (χ2n) is 4.95. The summed E-state index contributed by atoms with van der Waals surface area (Å²) in [4.78, 5) is -0.363. The van der Waals surface area contributed by atoms with Crippen molar-refractivity contribution in [1.29, 1.82) is 0 Å². The normalized spacial score (nSPS) is 11.3. The molecule has 0 bridgehead atoms. The third-order valence-corrected chi connectivity index (χ3v) is 4.71. The highest BCUT2D eigenvalue weighted by molar-refractivity contribution is 7.89. The molecule has 2 rings (SSSR count). The van der Waals surface area contributed by atoms with Gasteiger partial charge in [-0.05, 0) is 42.3 Å². The van der Waals surface area contributed by atoms with Crippen LogP contribution in [0.3, 0.4) is 0 Å². The van der Waals surface area contributed by atoms with Gasteiger partial charge in [-0.1, -0.05) is 12.1 Å². The molecule has 0 aliphatic carbocycles. The van der Waals surface area contributed by atoms with E-state index < -0.39 is 15.8 Å². The standard InChI is InChI=1S/C16H18FNO4S/c1-11-4-6-13(17)16(8-11)23(19,20)18-10-12-5-7-14(21-2)15(9-12)22-3/h4-9,18H,10H2,1-3H3. The average Bonchev–Trinajstić information content (AvgIpc) is 2.54. The highest BCUT2D eigenvalue weighted by atomic mass is 32.2. The molecular weight excluding hydrogens is 321 g/mol. The summed E-state index contributed by atoms with van der Waals surface area (Å²) in [6.07, 6.45) is 0. The van der Waals surface area contributed by atoms with Gasteiger partial charge in [0.15, 0.2) is 11.5 Å². The molecule has 2 aromatic rings. The lowest BCUT2D eigenvalue weighted by molar-refractivity contribution is 0.354. The maximum Gasteiger partial charge on any atom is 0.243 e. The lowest BCUT2D eigenvalue weighted by Crippen LogP contribution is -2.24. The maximum absolute atomic E-state index is 13.8. The lowest BCUT2D eigenvalue weighted by atomic mass is 10.2. The van der Waals surface area contributed by atoms with Crippen LogP contribution in [0.1, 0.15) is 11.1 Å². The molecule has 5 nitrogen and oxygen atoms in total. The van der Waals surface area contributed by atoms with E-state index in [2.05, 4.69) is 4.72 Å². The van der Waals surface area contributed by atoms with E-state index in [-0.39, 0.29) is 11.4 Å². The Hall–Kier alpha value is -2.12. The maximum atomic E-state index is 13.8. The molecule has 0 unspecified atom stereocenters. The van der Waals surface area contributed by atoms with Crippen molar-refractivity contribution in [3.05, 3.63) is 53.3 Å². The number of sulfonamides is 1. The monoisotopic (exact) mass is 339 g/mol. The smallest absolute Gasteiger partial charge is 0.243 e. The molecule has 124 valence electrons. The molecule has 7 heteroatoms. The Bertz CT molecular complexity index is 806. The van der Waals surface area contributed by atoms with Crippen LogP contribution in [-0.4, -0.2) is 22.6 Å². The Kier molecular flexibility index (Phi) is 5.23. The van der Waals surface area contributed by atoms with Crippen LogP contribution in [-0.2, 0) is 16.6 Å². The molecule has 2 aromatic carbocycles. The average molecular weight is 339 g/mol. The van der Waals surface area contributed by atoms with Gasteiger partial charge in [-0.3, -0.25) is 0 Å². The Labute approximate surface area is 135 Å². The van der Waals surface area contributed by atoms with Crippen molar-refractivity contribution in [2.45, 2.75) is 18.4 Å². The fourth-order valence-corrected chi connectivity index (χ4v) is 3.24. The van der Waals surface area contributed by atoms with Crippen LogP contribution in [0.2, 0.25) is 0 Å². The molecule has 0 atom stereocenters. The summed E-state index contributed by atoms with van der Waals surface area (Å²) < 4.78 is 50.9. The predicted molar refractivity (Wildman–Crippen MR) is 84.7 cm³/mol. The molecule has 0 fully saturated rings. The van der Waals surface area contributed by atoms with Gasteiger partial charge < -0.3 is 9.47 Å². The van der Waals surface area contributed by atoms with E-state index >= 15 is 0 Å². The number of hydrogen-bond acceptors (Lipinski definition) is 4. The highest BCUT2D eigenvalue weighted by Crippen LogP contribution is 2.27. The third kappa shape index (κ3) is 4.00. The fourth-order valence-electron chi connectivity index (χ4n) is 2.06. The molecule has 23 heavy (non-hydrogen) atoms. The molecule has 1 N–H and O–H groups in total. The van der Waals surface area contributed by atoms with Crippen LogP contribution in [0, 0.1) is 12.7 Å². The van der Waals surface area contributed by atoms with E-state index in [1.807, 2.05) is 0 Å². The number of halogens is 1. The molecular formula is C16H18FNO4S. The van der Waals surface area contributed by atoms with Crippen LogP contribution >= 0.6 is 0 Å². The number of aryl methyl sites for hydroxylation is 1. The van der Waals surface area contributed by atoms with Gasteiger partial charge in [0.25, 0.3) is 0 Å². The molecule has 0 saturated heterocycles. The minimum Gasteiger partial charge on any atom is -0.493 e. The number of benzene rings is 2. The highest BCUT2D eigenvalue weighted by Gasteiger charge is 2.19. The van der Waals surface area contributed by atoms with E-state index in [0.29, 0.717) is 22.6 Å². The van der Waals surface area contributed by atoms with Crippen molar-refractivity contribution in [3.63, 3.8) is 0 Å². The third-order valence-electron chi connectivity index (χ3n) is 3.29.